The molecule has 0 saturated heterocycles. The summed E-state index contributed by atoms with van der Waals surface area (Å²) in [7, 11) is 0. The Morgan fingerprint density at radius 3 is 2.21 bits per heavy atom. The minimum Gasteiger partial charge on any atom is -0.515 e. The van der Waals surface area contributed by atoms with Crippen molar-refractivity contribution in [3.8, 4) is 0 Å². The maximum atomic E-state index is 12.2. The molecular formula is C26H40O8. The predicted molar refractivity (Wildman–Crippen MR) is 126 cm³/mol. The Labute approximate surface area is 202 Å². The quantitative estimate of drug-likeness (QED) is 0.231. The number of carbonyl (C=O) groups is 3. The zero-order valence-electron chi connectivity index (χ0n) is 21.3. The lowest BCUT2D eigenvalue weighted by atomic mass is 9.41. The van der Waals surface area contributed by atoms with Crippen LogP contribution in [0.5, 0.6) is 0 Å². The van der Waals surface area contributed by atoms with Crippen molar-refractivity contribution in [1.29, 1.82) is 0 Å². The van der Waals surface area contributed by atoms with Gasteiger partial charge in [-0.3, -0.25) is 14.4 Å². The Kier molecular flexibility index (Phi) is 8.62. The van der Waals surface area contributed by atoms with E-state index in [9.17, 15) is 24.6 Å². The van der Waals surface area contributed by atoms with Crippen molar-refractivity contribution in [1.82, 2.24) is 0 Å². The molecule has 0 radical (unpaired) electrons. The molecule has 2 aliphatic rings. The standard InChI is InChI=1S/C26H40O8/c1-8-20(14-27)9-11-24(6)16(2)13-22(34-19(5)30)26(15-32-17(3)28)23(24)21(33-18(4)29)10-12-25(26,7)31/h8,14,16,21-23,27,31H,1,9-13,15H2,2-7H3/b20-14-. The molecule has 34 heavy (non-hydrogen) atoms. The fraction of sp³-hybridized carbons (Fsp3) is 0.731. The van der Waals surface area contributed by atoms with Crippen LogP contribution >= 0.6 is 0 Å². The average molecular weight is 481 g/mol. The summed E-state index contributed by atoms with van der Waals surface area (Å²) >= 11 is 0. The minimum absolute atomic E-state index is 0.0102. The van der Waals surface area contributed by atoms with Crippen LogP contribution in [-0.2, 0) is 28.6 Å². The van der Waals surface area contributed by atoms with Gasteiger partial charge in [-0.15, -0.1) is 0 Å². The first-order chi connectivity index (χ1) is 15.7. The fourth-order valence-corrected chi connectivity index (χ4v) is 6.44. The van der Waals surface area contributed by atoms with Gasteiger partial charge in [-0.05, 0) is 55.9 Å². The van der Waals surface area contributed by atoms with Crippen LogP contribution in [0.3, 0.4) is 0 Å². The van der Waals surface area contributed by atoms with Crippen molar-refractivity contribution in [2.75, 3.05) is 6.61 Å². The van der Waals surface area contributed by atoms with Crippen LogP contribution in [0.1, 0.15) is 73.6 Å². The number of aliphatic hydroxyl groups excluding tert-OH is 1. The third-order valence-corrected chi connectivity index (χ3v) is 8.34. The molecule has 2 saturated carbocycles. The van der Waals surface area contributed by atoms with Gasteiger partial charge in [0.05, 0.1) is 17.3 Å². The number of carbonyl (C=O) groups excluding carboxylic acids is 3. The molecule has 8 nitrogen and oxygen atoms in total. The number of fused-ring (bicyclic) bond motifs is 1. The van der Waals surface area contributed by atoms with Crippen molar-refractivity contribution in [3.05, 3.63) is 24.5 Å². The second kappa shape index (κ2) is 10.5. The number of aliphatic hydroxyl groups is 2. The van der Waals surface area contributed by atoms with Crippen molar-refractivity contribution in [2.24, 2.45) is 22.7 Å². The SMILES string of the molecule is C=C/C(=C/O)CCC1(C)C(C)CC(OC(C)=O)C2(COC(C)=O)C1C(OC(C)=O)CCC2(C)O. The van der Waals surface area contributed by atoms with E-state index in [0.717, 1.165) is 6.26 Å². The largest absolute Gasteiger partial charge is 0.515 e. The molecule has 8 heteroatoms. The highest BCUT2D eigenvalue weighted by molar-refractivity contribution is 5.67. The molecular weight excluding hydrogens is 440 g/mol. The summed E-state index contributed by atoms with van der Waals surface area (Å²) in [5.41, 5.74) is -2.45. The van der Waals surface area contributed by atoms with Crippen molar-refractivity contribution in [2.45, 2.75) is 91.5 Å². The topological polar surface area (TPSA) is 119 Å². The number of esters is 3. The van der Waals surface area contributed by atoms with Crippen LogP contribution in [-0.4, -0.2) is 52.5 Å². The second-order valence-corrected chi connectivity index (χ2v) is 10.4. The summed E-state index contributed by atoms with van der Waals surface area (Å²) in [6.45, 7) is 13.3. The molecule has 2 rings (SSSR count). The lowest BCUT2D eigenvalue weighted by Gasteiger charge is -2.66. The van der Waals surface area contributed by atoms with E-state index in [1.165, 1.54) is 20.8 Å². The fourth-order valence-electron chi connectivity index (χ4n) is 6.44. The summed E-state index contributed by atoms with van der Waals surface area (Å²) in [5.74, 6) is -1.96. The van der Waals surface area contributed by atoms with Gasteiger partial charge in [-0.25, -0.2) is 0 Å². The van der Waals surface area contributed by atoms with Gasteiger partial charge in [0.1, 0.15) is 18.8 Å². The first kappa shape index (κ1) is 27.9. The Morgan fingerprint density at radius 2 is 1.71 bits per heavy atom. The van der Waals surface area contributed by atoms with E-state index in [0.29, 0.717) is 31.3 Å². The minimum atomic E-state index is -1.38. The maximum absolute atomic E-state index is 12.2. The highest BCUT2D eigenvalue weighted by Crippen LogP contribution is 2.65. The van der Waals surface area contributed by atoms with Crippen LogP contribution in [0.25, 0.3) is 0 Å². The maximum Gasteiger partial charge on any atom is 0.302 e. The molecule has 0 aromatic carbocycles. The summed E-state index contributed by atoms with van der Waals surface area (Å²) < 4.78 is 17.2. The van der Waals surface area contributed by atoms with E-state index in [1.807, 2.05) is 0 Å². The third kappa shape index (κ3) is 5.16. The van der Waals surface area contributed by atoms with E-state index in [1.54, 1.807) is 13.0 Å². The molecule has 0 bridgehead atoms. The number of hydrogen-bond donors (Lipinski definition) is 2. The summed E-state index contributed by atoms with van der Waals surface area (Å²) in [5, 5.41) is 21.4. The zero-order chi connectivity index (χ0) is 25.9. The van der Waals surface area contributed by atoms with Gasteiger partial charge in [0.25, 0.3) is 0 Å². The van der Waals surface area contributed by atoms with E-state index < -0.39 is 52.5 Å². The Morgan fingerprint density at radius 1 is 1.09 bits per heavy atom. The molecule has 0 aromatic heterocycles. The van der Waals surface area contributed by atoms with E-state index in [-0.39, 0.29) is 18.9 Å². The van der Waals surface area contributed by atoms with Gasteiger partial charge in [0.15, 0.2) is 0 Å². The molecule has 0 spiro atoms. The number of ether oxygens (including phenoxy) is 3. The van der Waals surface area contributed by atoms with Gasteiger partial charge < -0.3 is 24.4 Å². The molecule has 2 N–H and O–H groups in total. The summed E-state index contributed by atoms with van der Waals surface area (Å²) in [4.78, 5) is 36.2. The molecule has 2 aliphatic carbocycles. The number of rotatable bonds is 8. The van der Waals surface area contributed by atoms with Crippen LogP contribution in [0, 0.1) is 22.7 Å². The van der Waals surface area contributed by atoms with E-state index >= 15 is 0 Å². The van der Waals surface area contributed by atoms with Crippen molar-refractivity contribution in [3.63, 3.8) is 0 Å². The molecule has 0 heterocycles. The Balaban J connectivity index is 2.76. The lowest BCUT2D eigenvalue weighted by Crippen LogP contribution is -2.73. The normalized spacial score (nSPS) is 37.8. The first-order valence-electron chi connectivity index (χ1n) is 11.9. The molecule has 0 aliphatic heterocycles. The van der Waals surface area contributed by atoms with Gasteiger partial charge in [0, 0.05) is 26.7 Å². The zero-order valence-corrected chi connectivity index (χ0v) is 21.3. The highest BCUT2D eigenvalue weighted by atomic mass is 16.6. The van der Waals surface area contributed by atoms with Crippen LogP contribution in [0.15, 0.2) is 24.5 Å². The van der Waals surface area contributed by atoms with E-state index in [4.69, 9.17) is 14.2 Å². The molecule has 192 valence electrons. The van der Waals surface area contributed by atoms with Crippen molar-refractivity contribution < 1.29 is 38.8 Å². The molecule has 2 fully saturated rings. The van der Waals surface area contributed by atoms with E-state index in [2.05, 4.69) is 20.4 Å². The van der Waals surface area contributed by atoms with Crippen LogP contribution in [0.4, 0.5) is 0 Å². The third-order valence-electron chi connectivity index (χ3n) is 8.34. The van der Waals surface area contributed by atoms with Crippen LogP contribution in [0.2, 0.25) is 0 Å². The van der Waals surface area contributed by atoms with Gasteiger partial charge in [-0.2, -0.15) is 0 Å². The van der Waals surface area contributed by atoms with Crippen LogP contribution < -0.4 is 0 Å². The Bertz CT molecular complexity index is 831. The predicted octanol–water partition coefficient (Wildman–Crippen LogP) is 4.01. The molecule has 0 aromatic rings. The van der Waals surface area contributed by atoms with Gasteiger partial charge >= 0.3 is 17.9 Å². The summed E-state index contributed by atoms with van der Waals surface area (Å²) in [6.07, 6.45) is 3.50. The molecule has 7 unspecified atom stereocenters. The van der Waals surface area contributed by atoms with Gasteiger partial charge in [-0.1, -0.05) is 26.5 Å². The summed E-state index contributed by atoms with van der Waals surface area (Å²) in [6, 6.07) is 0. The molecule has 7 atom stereocenters. The second-order valence-electron chi connectivity index (χ2n) is 10.4. The van der Waals surface area contributed by atoms with Gasteiger partial charge in [0.2, 0.25) is 0 Å². The first-order valence-corrected chi connectivity index (χ1v) is 11.9. The van der Waals surface area contributed by atoms with Crippen molar-refractivity contribution >= 4 is 17.9 Å². The lowest BCUT2D eigenvalue weighted by molar-refractivity contribution is -0.292. The highest BCUT2D eigenvalue weighted by Gasteiger charge is 2.71. The number of hydrogen-bond acceptors (Lipinski definition) is 8. The Hall–Kier alpha value is -2.35. The molecule has 0 amide bonds. The smallest absolute Gasteiger partial charge is 0.302 e. The average Bonchev–Trinajstić information content (AvgIpc) is 2.72. The monoisotopic (exact) mass is 480 g/mol. The number of allylic oxidation sites excluding steroid dienone is 2.